The van der Waals surface area contributed by atoms with Crippen LogP contribution in [0.2, 0.25) is 5.02 Å². The van der Waals surface area contributed by atoms with E-state index in [1.807, 2.05) is 0 Å². The second kappa shape index (κ2) is 5.75. The number of benzene rings is 1. The maximum atomic E-state index is 13.1. The summed E-state index contributed by atoms with van der Waals surface area (Å²) in [5.74, 6) is -0.903. The minimum absolute atomic E-state index is 0.103. The number of carbonyl (C=O) groups is 1. The number of thiophene rings is 1. The number of amides is 1. The molecule has 0 aliphatic carbocycles. The summed E-state index contributed by atoms with van der Waals surface area (Å²) >= 11 is 7.04. The van der Waals surface area contributed by atoms with Crippen molar-refractivity contribution in [1.82, 2.24) is 9.55 Å². The lowest BCUT2D eigenvalue weighted by atomic mass is 10.2. The fourth-order valence-corrected chi connectivity index (χ4v) is 3.44. The largest absolute Gasteiger partial charge is 0.320 e. The van der Waals surface area contributed by atoms with Crippen LogP contribution in [0.25, 0.3) is 10.2 Å². The third kappa shape index (κ3) is 2.73. The Morgan fingerprint density at radius 1 is 1.43 bits per heavy atom. The van der Waals surface area contributed by atoms with E-state index in [4.69, 9.17) is 11.6 Å². The van der Waals surface area contributed by atoms with Gasteiger partial charge in [-0.05, 0) is 30.7 Å². The highest BCUT2D eigenvalue weighted by atomic mass is 35.5. The van der Waals surface area contributed by atoms with Gasteiger partial charge in [0.25, 0.3) is 11.5 Å². The van der Waals surface area contributed by atoms with Gasteiger partial charge in [0.15, 0.2) is 0 Å². The van der Waals surface area contributed by atoms with Crippen LogP contribution in [-0.4, -0.2) is 15.5 Å². The summed E-state index contributed by atoms with van der Waals surface area (Å²) in [5, 5.41) is 3.16. The van der Waals surface area contributed by atoms with Gasteiger partial charge < -0.3 is 9.88 Å². The summed E-state index contributed by atoms with van der Waals surface area (Å²) in [4.78, 5) is 29.7. The molecule has 3 rings (SSSR count). The van der Waals surface area contributed by atoms with Crippen molar-refractivity contribution in [1.29, 1.82) is 0 Å². The van der Waals surface area contributed by atoms with Gasteiger partial charge in [0.2, 0.25) is 0 Å². The van der Waals surface area contributed by atoms with E-state index in [1.54, 1.807) is 14.0 Å². The van der Waals surface area contributed by atoms with Crippen molar-refractivity contribution in [2.24, 2.45) is 7.05 Å². The van der Waals surface area contributed by atoms with E-state index in [1.165, 1.54) is 23.0 Å². The Morgan fingerprint density at radius 3 is 2.87 bits per heavy atom. The standard InChI is InChI=1S/C15H11ClFN3O2S/c1-7-11-14(18-6-20(2)15(11)22)23-12(7)13(21)19-10-4-3-8(17)5-9(10)16/h3-6H,1-2H3,(H,19,21). The molecule has 0 saturated carbocycles. The molecule has 0 radical (unpaired) electrons. The van der Waals surface area contributed by atoms with Gasteiger partial charge in [0.05, 0.1) is 27.3 Å². The first-order valence-electron chi connectivity index (χ1n) is 6.59. The third-order valence-corrected chi connectivity index (χ3v) is 4.91. The molecular formula is C15H11ClFN3O2S. The number of fused-ring (bicyclic) bond motifs is 1. The minimum atomic E-state index is -0.487. The van der Waals surface area contributed by atoms with E-state index in [2.05, 4.69) is 10.3 Å². The van der Waals surface area contributed by atoms with Crippen LogP contribution in [0.5, 0.6) is 0 Å². The van der Waals surface area contributed by atoms with Crippen LogP contribution in [0.15, 0.2) is 29.3 Å². The highest BCUT2D eigenvalue weighted by Gasteiger charge is 2.19. The van der Waals surface area contributed by atoms with Crippen LogP contribution in [-0.2, 0) is 7.05 Å². The van der Waals surface area contributed by atoms with Crippen molar-refractivity contribution in [2.75, 3.05) is 5.32 Å². The third-order valence-electron chi connectivity index (χ3n) is 3.40. The molecule has 0 aliphatic rings. The average Bonchev–Trinajstić information content (AvgIpc) is 2.84. The fraction of sp³-hybridized carbons (Fsp3) is 0.133. The molecule has 3 aromatic rings. The van der Waals surface area contributed by atoms with Crippen molar-refractivity contribution >= 4 is 44.7 Å². The van der Waals surface area contributed by atoms with Crippen LogP contribution in [0, 0.1) is 12.7 Å². The van der Waals surface area contributed by atoms with Gasteiger partial charge in [0.1, 0.15) is 10.6 Å². The Kier molecular flexibility index (Phi) is 3.91. The summed E-state index contributed by atoms with van der Waals surface area (Å²) in [6.45, 7) is 1.70. The Labute approximate surface area is 139 Å². The first-order valence-corrected chi connectivity index (χ1v) is 7.79. The molecule has 23 heavy (non-hydrogen) atoms. The molecular weight excluding hydrogens is 341 g/mol. The zero-order valence-corrected chi connectivity index (χ0v) is 13.8. The number of carbonyl (C=O) groups excluding carboxylic acids is 1. The number of hydrogen-bond acceptors (Lipinski definition) is 4. The zero-order valence-electron chi connectivity index (χ0n) is 12.2. The van der Waals surface area contributed by atoms with Gasteiger partial charge in [-0.1, -0.05) is 11.6 Å². The van der Waals surface area contributed by atoms with Crippen molar-refractivity contribution < 1.29 is 9.18 Å². The number of nitrogens with zero attached hydrogens (tertiary/aromatic N) is 2. The van der Waals surface area contributed by atoms with Crippen LogP contribution >= 0.6 is 22.9 Å². The quantitative estimate of drug-likeness (QED) is 0.770. The van der Waals surface area contributed by atoms with Crippen molar-refractivity contribution in [3.05, 3.63) is 56.2 Å². The summed E-state index contributed by atoms with van der Waals surface area (Å²) in [7, 11) is 1.60. The van der Waals surface area contributed by atoms with E-state index < -0.39 is 11.7 Å². The van der Waals surface area contributed by atoms with E-state index in [-0.39, 0.29) is 10.6 Å². The van der Waals surface area contributed by atoms with E-state index in [9.17, 15) is 14.0 Å². The van der Waals surface area contributed by atoms with Crippen molar-refractivity contribution in [2.45, 2.75) is 6.92 Å². The molecule has 0 spiro atoms. The second-order valence-electron chi connectivity index (χ2n) is 4.98. The Bertz CT molecular complexity index is 996. The smallest absolute Gasteiger partial charge is 0.266 e. The first kappa shape index (κ1) is 15.6. The molecule has 0 bridgehead atoms. The average molecular weight is 352 g/mol. The van der Waals surface area contributed by atoms with Crippen molar-refractivity contribution in [3.63, 3.8) is 0 Å². The summed E-state index contributed by atoms with van der Waals surface area (Å²) in [6, 6.07) is 3.71. The molecule has 2 heterocycles. The van der Waals surface area contributed by atoms with Crippen molar-refractivity contribution in [3.8, 4) is 0 Å². The molecule has 1 amide bonds. The maximum absolute atomic E-state index is 13.1. The normalized spacial score (nSPS) is 11.0. The van der Waals surface area contributed by atoms with Gasteiger partial charge in [0, 0.05) is 7.05 Å². The van der Waals surface area contributed by atoms with Crippen LogP contribution in [0.4, 0.5) is 10.1 Å². The lowest BCUT2D eigenvalue weighted by molar-refractivity contribution is 0.103. The predicted molar refractivity (Wildman–Crippen MR) is 89.0 cm³/mol. The highest BCUT2D eigenvalue weighted by molar-refractivity contribution is 7.20. The topological polar surface area (TPSA) is 64.0 Å². The molecule has 5 nitrogen and oxygen atoms in total. The molecule has 2 aromatic heterocycles. The van der Waals surface area contributed by atoms with Gasteiger partial charge in [-0.25, -0.2) is 9.37 Å². The second-order valence-corrected chi connectivity index (χ2v) is 6.38. The number of halogens is 2. The minimum Gasteiger partial charge on any atom is -0.320 e. The molecule has 0 unspecified atom stereocenters. The first-order chi connectivity index (χ1) is 10.9. The number of rotatable bonds is 2. The molecule has 1 N–H and O–H groups in total. The number of nitrogens with one attached hydrogen (secondary N) is 1. The summed E-state index contributed by atoms with van der Waals surface area (Å²) in [6.07, 6.45) is 1.42. The molecule has 118 valence electrons. The Balaban J connectivity index is 2.03. The Morgan fingerprint density at radius 2 is 2.17 bits per heavy atom. The lowest BCUT2D eigenvalue weighted by Gasteiger charge is -2.06. The van der Waals surface area contributed by atoms with Crippen LogP contribution in [0.3, 0.4) is 0 Å². The predicted octanol–water partition coefficient (Wildman–Crippen LogP) is 3.35. The SMILES string of the molecule is Cc1c(C(=O)Nc2ccc(F)cc2Cl)sc2ncn(C)c(=O)c12. The molecule has 0 saturated heterocycles. The highest BCUT2D eigenvalue weighted by Crippen LogP contribution is 2.29. The van der Waals surface area contributed by atoms with Gasteiger partial charge in [-0.15, -0.1) is 11.3 Å². The lowest BCUT2D eigenvalue weighted by Crippen LogP contribution is -2.17. The van der Waals surface area contributed by atoms with E-state index >= 15 is 0 Å². The number of anilines is 1. The molecule has 0 atom stereocenters. The zero-order chi connectivity index (χ0) is 16.7. The Hall–Kier alpha value is -2.25. The fourth-order valence-electron chi connectivity index (χ4n) is 2.20. The molecule has 8 heteroatoms. The molecule has 0 fully saturated rings. The molecule has 1 aromatic carbocycles. The number of aromatic nitrogens is 2. The van der Waals surface area contributed by atoms with Gasteiger partial charge in [-0.2, -0.15) is 0 Å². The van der Waals surface area contributed by atoms with Crippen LogP contribution in [0.1, 0.15) is 15.2 Å². The van der Waals surface area contributed by atoms with Gasteiger partial charge in [-0.3, -0.25) is 9.59 Å². The van der Waals surface area contributed by atoms with Gasteiger partial charge >= 0.3 is 0 Å². The number of aryl methyl sites for hydroxylation is 2. The monoisotopic (exact) mass is 351 g/mol. The number of hydrogen-bond donors (Lipinski definition) is 1. The summed E-state index contributed by atoms with van der Waals surface area (Å²) in [5.41, 5.74) is 0.660. The van der Waals surface area contributed by atoms with Crippen LogP contribution < -0.4 is 10.9 Å². The summed E-state index contributed by atoms with van der Waals surface area (Å²) < 4.78 is 14.4. The molecule has 0 aliphatic heterocycles. The van der Waals surface area contributed by atoms with E-state index in [0.29, 0.717) is 26.3 Å². The van der Waals surface area contributed by atoms with E-state index in [0.717, 1.165) is 17.4 Å². The maximum Gasteiger partial charge on any atom is 0.266 e.